The van der Waals surface area contributed by atoms with Crippen LogP contribution in [0, 0.1) is 24.1 Å². The Labute approximate surface area is 157 Å². The van der Waals surface area contributed by atoms with Crippen LogP contribution in [0.1, 0.15) is 36.9 Å². The molecule has 1 saturated carbocycles. The van der Waals surface area contributed by atoms with Gasteiger partial charge in [0.05, 0.1) is 11.0 Å². The fourth-order valence-electron chi connectivity index (χ4n) is 3.32. The lowest BCUT2D eigenvalue weighted by Crippen LogP contribution is -2.43. The number of sulfonamides is 1. The minimum Gasteiger partial charge on any atom is -0.393 e. The molecule has 1 N–H and O–H groups in total. The zero-order valence-electron chi connectivity index (χ0n) is 14.8. The van der Waals surface area contributed by atoms with Crippen LogP contribution in [0.4, 0.5) is 10.2 Å². The van der Waals surface area contributed by atoms with Crippen LogP contribution in [0.5, 0.6) is 0 Å². The largest absolute Gasteiger partial charge is 0.393 e. The number of pyridine rings is 1. The molecule has 1 heterocycles. The van der Waals surface area contributed by atoms with Crippen LogP contribution in [0.2, 0.25) is 0 Å². The molecule has 142 valence electrons. The van der Waals surface area contributed by atoms with E-state index in [4.69, 9.17) is 5.26 Å². The molecule has 1 aliphatic rings. The fraction of sp³-hybridized carbons (Fsp3) is 0.368. The van der Waals surface area contributed by atoms with E-state index in [0.29, 0.717) is 25.7 Å². The summed E-state index contributed by atoms with van der Waals surface area (Å²) in [6.07, 6.45) is 1.38. The second kappa shape index (κ2) is 7.62. The molecule has 0 unspecified atom stereocenters. The monoisotopic (exact) mass is 389 g/mol. The number of hydrogen-bond donors (Lipinski definition) is 1. The van der Waals surface area contributed by atoms with Gasteiger partial charge in [-0.15, -0.1) is 0 Å². The lowest BCUT2D eigenvalue weighted by Gasteiger charge is -2.35. The predicted molar refractivity (Wildman–Crippen MR) is 98.0 cm³/mol. The maximum absolute atomic E-state index is 13.7. The van der Waals surface area contributed by atoms with Crippen LogP contribution >= 0.6 is 0 Å². The third kappa shape index (κ3) is 3.94. The zero-order chi connectivity index (χ0) is 19.6. The summed E-state index contributed by atoms with van der Waals surface area (Å²) >= 11 is 0. The van der Waals surface area contributed by atoms with Gasteiger partial charge in [0.2, 0.25) is 0 Å². The number of nitrogens with zero attached hydrogens (tertiary/aromatic N) is 3. The Kier molecular flexibility index (Phi) is 5.44. The number of benzene rings is 1. The molecule has 27 heavy (non-hydrogen) atoms. The standard InChI is InChI=1S/C19H20FN3O3S/c1-13-3-2-4-16(11-13)27(25,26)23(14-5-7-15(24)8-6-14)19-10-9-17(20)18(12-21)22-19/h2-4,9-11,14-15,24H,5-8H2,1H3. The minimum absolute atomic E-state index is 0.0100. The van der Waals surface area contributed by atoms with E-state index in [0.717, 1.165) is 11.6 Å². The molecule has 6 nitrogen and oxygen atoms in total. The van der Waals surface area contributed by atoms with Gasteiger partial charge < -0.3 is 5.11 Å². The molecule has 1 aromatic heterocycles. The summed E-state index contributed by atoms with van der Waals surface area (Å²) in [5.74, 6) is -0.788. The van der Waals surface area contributed by atoms with E-state index in [1.807, 2.05) is 0 Å². The van der Waals surface area contributed by atoms with Gasteiger partial charge in [-0.25, -0.2) is 22.1 Å². The van der Waals surface area contributed by atoms with Crippen molar-refractivity contribution in [2.75, 3.05) is 4.31 Å². The van der Waals surface area contributed by atoms with E-state index in [1.54, 1.807) is 31.2 Å². The maximum atomic E-state index is 13.7. The zero-order valence-corrected chi connectivity index (χ0v) is 15.7. The van der Waals surface area contributed by atoms with Gasteiger partial charge in [0.25, 0.3) is 10.0 Å². The second-order valence-electron chi connectivity index (χ2n) is 6.69. The van der Waals surface area contributed by atoms with E-state index in [9.17, 15) is 17.9 Å². The van der Waals surface area contributed by atoms with Crippen molar-refractivity contribution in [3.63, 3.8) is 0 Å². The molecule has 3 rings (SSSR count). The Balaban J connectivity index is 2.12. The number of anilines is 1. The molecule has 1 fully saturated rings. The average molecular weight is 389 g/mol. The van der Waals surface area contributed by atoms with Crippen LogP contribution in [0.25, 0.3) is 0 Å². The number of aliphatic hydroxyl groups excluding tert-OH is 1. The summed E-state index contributed by atoms with van der Waals surface area (Å²) in [6, 6.07) is 10.1. The number of nitriles is 1. The molecule has 0 aliphatic heterocycles. The van der Waals surface area contributed by atoms with E-state index in [2.05, 4.69) is 4.98 Å². The van der Waals surface area contributed by atoms with Crippen molar-refractivity contribution >= 4 is 15.8 Å². The molecular weight excluding hydrogens is 369 g/mol. The van der Waals surface area contributed by atoms with Gasteiger partial charge in [0.1, 0.15) is 11.9 Å². The number of hydrogen-bond acceptors (Lipinski definition) is 5. The van der Waals surface area contributed by atoms with Crippen molar-refractivity contribution in [3.8, 4) is 6.07 Å². The quantitative estimate of drug-likeness (QED) is 0.868. The molecule has 1 aromatic carbocycles. The van der Waals surface area contributed by atoms with Crippen molar-refractivity contribution in [2.24, 2.45) is 0 Å². The van der Waals surface area contributed by atoms with E-state index < -0.39 is 33.7 Å². The molecular formula is C19H20FN3O3S. The molecule has 8 heteroatoms. The summed E-state index contributed by atoms with van der Waals surface area (Å²) in [5, 5.41) is 18.9. The first-order chi connectivity index (χ1) is 12.8. The summed E-state index contributed by atoms with van der Waals surface area (Å²) < 4.78 is 41.7. The lowest BCUT2D eigenvalue weighted by atomic mass is 9.93. The van der Waals surface area contributed by atoms with Crippen LogP contribution in [0.3, 0.4) is 0 Å². The van der Waals surface area contributed by atoms with E-state index >= 15 is 0 Å². The van der Waals surface area contributed by atoms with E-state index in [-0.39, 0.29) is 10.7 Å². The topological polar surface area (TPSA) is 94.3 Å². The molecule has 0 amide bonds. The summed E-state index contributed by atoms with van der Waals surface area (Å²) in [7, 11) is -3.97. The number of aryl methyl sites for hydroxylation is 1. The van der Waals surface area contributed by atoms with Gasteiger partial charge >= 0.3 is 0 Å². The number of aliphatic hydroxyl groups is 1. The molecule has 2 aromatic rings. The molecule has 0 bridgehead atoms. The van der Waals surface area contributed by atoms with Crippen molar-refractivity contribution < 1.29 is 17.9 Å². The minimum atomic E-state index is -3.97. The molecule has 1 aliphatic carbocycles. The second-order valence-corrected chi connectivity index (χ2v) is 8.51. The number of halogens is 1. The fourth-order valence-corrected chi connectivity index (χ4v) is 5.09. The normalized spacial score (nSPS) is 20.1. The summed E-state index contributed by atoms with van der Waals surface area (Å²) in [5.41, 5.74) is 0.340. The highest BCUT2D eigenvalue weighted by molar-refractivity contribution is 7.92. The Morgan fingerprint density at radius 3 is 2.56 bits per heavy atom. The van der Waals surface area contributed by atoms with Gasteiger partial charge in [-0.1, -0.05) is 12.1 Å². The Bertz CT molecular complexity index is 980. The Morgan fingerprint density at radius 2 is 1.93 bits per heavy atom. The molecule has 0 radical (unpaired) electrons. The summed E-state index contributed by atoms with van der Waals surface area (Å²) in [6.45, 7) is 1.80. The van der Waals surface area contributed by atoms with Crippen molar-refractivity contribution in [2.45, 2.75) is 49.6 Å². The smallest absolute Gasteiger partial charge is 0.265 e. The van der Waals surface area contributed by atoms with Crippen LogP contribution in [-0.4, -0.2) is 30.7 Å². The van der Waals surface area contributed by atoms with Gasteiger partial charge in [-0.3, -0.25) is 0 Å². The molecule has 0 atom stereocenters. The first kappa shape index (κ1) is 19.3. The van der Waals surface area contributed by atoms with Gasteiger partial charge in [0, 0.05) is 6.04 Å². The van der Waals surface area contributed by atoms with Gasteiger partial charge in [-0.05, 0) is 62.4 Å². The Morgan fingerprint density at radius 1 is 1.22 bits per heavy atom. The highest BCUT2D eigenvalue weighted by Crippen LogP contribution is 2.32. The summed E-state index contributed by atoms with van der Waals surface area (Å²) in [4.78, 5) is 4.06. The van der Waals surface area contributed by atoms with Crippen LogP contribution in [-0.2, 0) is 10.0 Å². The van der Waals surface area contributed by atoms with Crippen molar-refractivity contribution in [1.29, 1.82) is 5.26 Å². The van der Waals surface area contributed by atoms with Gasteiger partial charge in [0.15, 0.2) is 11.5 Å². The van der Waals surface area contributed by atoms with Crippen molar-refractivity contribution in [1.82, 2.24) is 4.98 Å². The highest BCUT2D eigenvalue weighted by Gasteiger charge is 2.35. The Hall–Kier alpha value is -2.50. The molecule has 0 spiro atoms. The number of rotatable bonds is 4. The van der Waals surface area contributed by atoms with Gasteiger partial charge in [-0.2, -0.15) is 5.26 Å². The first-order valence-corrected chi connectivity index (χ1v) is 10.1. The number of aromatic nitrogens is 1. The third-order valence-electron chi connectivity index (χ3n) is 4.71. The maximum Gasteiger partial charge on any atom is 0.265 e. The van der Waals surface area contributed by atoms with Crippen LogP contribution in [0.15, 0.2) is 41.3 Å². The lowest BCUT2D eigenvalue weighted by molar-refractivity contribution is 0.124. The van der Waals surface area contributed by atoms with Crippen molar-refractivity contribution in [3.05, 3.63) is 53.5 Å². The molecule has 0 saturated heterocycles. The average Bonchev–Trinajstić information content (AvgIpc) is 2.64. The highest BCUT2D eigenvalue weighted by atomic mass is 32.2. The SMILES string of the molecule is Cc1cccc(S(=O)(=O)N(c2ccc(F)c(C#N)n2)C2CCC(O)CC2)c1. The van der Waals surface area contributed by atoms with Crippen LogP contribution < -0.4 is 4.31 Å². The third-order valence-corrected chi connectivity index (χ3v) is 6.56. The predicted octanol–water partition coefficient (Wildman–Crippen LogP) is 2.90. The van der Waals surface area contributed by atoms with E-state index in [1.165, 1.54) is 16.4 Å². The first-order valence-electron chi connectivity index (χ1n) is 8.68.